The van der Waals surface area contributed by atoms with E-state index in [2.05, 4.69) is 6.58 Å². The van der Waals surface area contributed by atoms with Gasteiger partial charge in [-0.05, 0) is 13.8 Å². The van der Waals surface area contributed by atoms with E-state index in [-0.39, 0.29) is 12.1 Å². The van der Waals surface area contributed by atoms with Crippen molar-refractivity contribution in [1.82, 2.24) is 4.90 Å². The second-order valence-corrected chi connectivity index (χ2v) is 3.08. The number of amides is 1. The lowest BCUT2D eigenvalue weighted by Gasteiger charge is -2.28. The molecule has 12 heavy (non-hydrogen) atoms. The van der Waals surface area contributed by atoms with Crippen LogP contribution in [0, 0.1) is 0 Å². The van der Waals surface area contributed by atoms with Crippen LogP contribution in [0.25, 0.3) is 0 Å². The third-order valence-corrected chi connectivity index (χ3v) is 2.14. The molecule has 0 aromatic carbocycles. The molecule has 2 atom stereocenters. The summed E-state index contributed by atoms with van der Waals surface area (Å²) in [5.41, 5.74) is 5.52. The molecule has 0 aromatic heterocycles. The van der Waals surface area contributed by atoms with E-state index in [0.29, 0.717) is 5.70 Å². The minimum atomic E-state index is -0.447. The molecule has 0 aliphatic carbocycles. The van der Waals surface area contributed by atoms with Gasteiger partial charge < -0.3 is 10.6 Å². The molecule has 0 spiro atoms. The van der Waals surface area contributed by atoms with Crippen LogP contribution in [0.3, 0.4) is 0 Å². The lowest BCUT2D eigenvalue weighted by Crippen LogP contribution is -2.37. The Balaban J connectivity index is 2.76. The van der Waals surface area contributed by atoms with Crippen molar-refractivity contribution in [1.29, 1.82) is 0 Å². The lowest BCUT2D eigenvalue weighted by molar-refractivity contribution is -0.116. The number of rotatable bonds is 2. The summed E-state index contributed by atoms with van der Waals surface area (Å²) in [6.07, 6.45) is 4.08. The first-order valence-corrected chi connectivity index (χ1v) is 3.99. The molecule has 0 saturated carbocycles. The maximum absolute atomic E-state index is 10.8. The Labute approximate surface area is 72.5 Å². The second kappa shape index (κ2) is 3.01. The highest BCUT2D eigenvalue weighted by molar-refractivity contribution is 5.90. The Hall–Kier alpha value is -1.25. The number of hydrogen-bond donors (Lipinski definition) is 1. The maximum Gasteiger partial charge on any atom is 0.264 e. The zero-order valence-electron chi connectivity index (χ0n) is 7.45. The van der Waals surface area contributed by atoms with Gasteiger partial charge in [0.25, 0.3) is 5.91 Å². The molecule has 3 nitrogen and oxygen atoms in total. The number of nitrogens with zero attached hydrogens (tertiary/aromatic N) is 1. The van der Waals surface area contributed by atoms with Crippen LogP contribution in [0.5, 0.6) is 0 Å². The van der Waals surface area contributed by atoms with Crippen molar-refractivity contribution in [3.63, 3.8) is 0 Å². The number of carbonyl (C=O) groups excluding carboxylic acids is 1. The fourth-order valence-corrected chi connectivity index (χ4v) is 1.50. The summed E-state index contributed by atoms with van der Waals surface area (Å²) in [7, 11) is 0. The molecule has 0 bridgehead atoms. The summed E-state index contributed by atoms with van der Waals surface area (Å²) in [6, 6.07) is 0.444. The molecular weight excluding hydrogens is 152 g/mol. The van der Waals surface area contributed by atoms with Crippen LogP contribution < -0.4 is 5.73 Å². The van der Waals surface area contributed by atoms with Crippen molar-refractivity contribution < 1.29 is 4.79 Å². The quantitative estimate of drug-likeness (QED) is 0.483. The summed E-state index contributed by atoms with van der Waals surface area (Å²) < 4.78 is 0. The molecule has 0 saturated heterocycles. The Kier molecular flexibility index (Phi) is 2.22. The Morgan fingerprint density at radius 1 is 1.42 bits per heavy atom. The third kappa shape index (κ3) is 1.35. The summed E-state index contributed by atoms with van der Waals surface area (Å²) in [4.78, 5) is 12.7. The first-order valence-electron chi connectivity index (χ1n) is 3.99. The third-order valence-electron chi connectivity index (χ3n) is 2.14. The first-order chi connectivity index (χ1) is 5.54. The fourth-order valence-electron chi connectivity index (χ4n) is 1.50. The Bertz CT molecular complexity index is 233. The van der Waals surface area contributed by atoms with Crippen LogP contribution in [-0.2, 0) is 4.79 Å². The molecule has 0 fully saturated rings. The van der Waals surface area contributed by atoms with Gasteiger partial charge >= 0.3 is 0 Å². The second-order valence-electron chi connectivity index (χ2n) is 3.08. The molecule has 0 radical (unpaired) electrons. The number of hydrogen-bond acceptors (Lipinski definition) is 2. The topological polar surface area (TPSA) is 46.3 Å². The van der Waals surface area contributed by atoms with Crippen molar-refractivity contribution in [2.24, 2.45) is 5.73 Å². The van der Waals surface area contributed by atoms with Gasteiger partial charge in [0, 0.05) is 12.1 Å². The van der Waals surface area contributed by atoms with Crippen LogP contribution in [0.4, 0.5) is 0 Å². The molecule has 1 aliphatic rings. The van der Waals surface area contributed by atoms with E-state index in [0.717, 1.165) is 0 Å². The van der Waals surface area contributed by atoms with Crippen LogP contribution in [0.2, 0.25) is 0 Å². The van der Waals surface area contributed by atoms with E-state index in [1.807, 2.05) is 30.9 Å². The van der Waals surface area contributed by atoms with E-state index in [9.17, 15) is 4.79 Å². The zero-order valence-corrected chi connectivity index (χ0v) is 7.45. The Morgan fingerprint density at radius 2 is 1.83 bits per heavy atom. The van der Waals surface area contributed by atoms with Crippen molar-refractivity contribution in [2.75, 3.05) is 0 Å². The first kappa shape index (κ1) is 8.84. The predicted molar refractivity (Wildman–Crippen MR) is 48.2 cm³/mol. The highest BCUT2D eigenvalue weighted by Gasteiger charge is 2.25. The fraction of sp³-hybridized carbons (Fsp3) is 0.444. The minimum absolute atomic E-state index is 0.222. The maximum atomic E-state index is 10.8. The van der Waals surface area contributed by atoms with Crippen LogP contribution in [0.1, 0.15) is 13.8 Å². The summed E-state index contributed by atoms with van der Waals surface area (Å²) in [5.74, 6) is -0.447. The van der Waals surface area contributed by atoms with Gasteiger partial charge in [-0.15, -0.1) is 0 Å². The molecule has 3 heteroatoms. The smallest absolute Gasteiger partial charge is 0.264 e. The highest BCUT2D eigenvalue weighted by atomic mass is 16.1. The van der Waals surface area contributed by atoms with Gasteiger partial charge in [0.2, 0.25) is 0 Å². The molecule has 66 valence electrons. The van der Waals surface area contributed by atoms with E-state index >= 15 is 0 Å². The van der Waals surface area contributed by atoms with Gasteiger partial charge in [-0.3, -0.25) is 4.79 Å². The summed E-state index contributed by atoms with van der Waals surface area (Å²) in [5, 5.41) is 0. The molecular formula is C9H14N2O. The van der Waals surface area contributed by atoms with Gasteiger partial charge in [0.05, 0.1) is 5.70 Å². The van der Waals surface area contributed by atoms with Crippen molar-refractivity contribution in [3.05, 3.63) is 24.4 Å². The molecule has 2 N–H and O–H groups in total. The van der Waals surface area contributed by atoms with Gasteiger partial charge in [-0.1, -0.05) is 18.7 Å². The molecule has 1 heterocycles. The van der Waals surface area contributed by atoms with E-state index < -0.39 is 5.91 Å². The largest absolute Gasteiger partial charge is 0.364 e. The minimum Gasteiger partial charge on any atom is -0.364 e. The highest BCUT2D eigenvalue weighted by Crippen LogP contribution is 2.20. The zero-order chi connectivity index (χ0) is 9.30. The average molecular weight is 166 g/mol. The molecule has 1 rings (SSSR count). The standard InChI is InChI=1S/C9H14N2O/c1-6-4-5-7(2)11(6)8(3)9(10)12/h4-7H,3H2,1-2H3,(H2,10,12). The number of carbonyl (C=O) groups is 1. The normalized spacial score (nSPS) is 27.7. The predicted octanol–water partition coefficient (Wildman–Crippen LogP) is 0.634. The van der Waals surface area contributed by atoms with Crippen LogP contribution >= 0.6 is 0 Å². The van der Waals surface area contributed by atoms with E-state index in [4.69, 9.17) is 5.73 Å². The van der Waals surface area contributed by atoms with Gasteiger partial charge in [0.15, 0.2) is 0 Å². The molecule has 1 aliphatic heterocycles. The molecule has 1 amide bonds. The van der Waals surface area contributed by atoms with Crippen molar-refractivity contribution >= 4 is 5.91 Å². The van der Waals surface area contributed by atoms with E-state index in [1.165, 1.54) is 0 Å². The van der Waals surface area contributed by atoms with Crippen molar-refractivity contribution in [3.8, 4) is 0 Å². The van der Waals surface area contributed by atoms with Crippen molar-refractivity contribution in [2.45, 2.75) is 25.9 Å². The molecule has 2 unspecified atom stereocenters. The average Bonchev–Trinajstić information content (AvgIpc) is 2.30. The Morgan fingerprint density at radius 3 is 2.17 bits per heavy atom. The van der Waals surface area contributed by atoms with Gasteiger partial charge in [-0.25, -0.2) is 0 Å². The van der Waals surface area contributed by atoms with E-state index in [1.54, 1.807) is 0 Å². The van der Waals surface area contributed by atoms with Crippen LogP contribution in [0.15, 0.2) is 24.4 Å². The van der Waals surface area contributed by atoms with Crippen LogP contribution in [-0.4, -0.2) is 22.9 Å². The number of primary amides is 1. The summed E-state index contributed by atoms with van der Waals surface area (Å²) >= 11 is 0. The molecule has 0 aromatic rings. The van der Waals surface area contributed by atoms with Gasteiger partial charge in [0.1, 0.15) is 0 Å². The summed E-state index contributed by atoms with van der Waals surface area (Å²) in [6.45, 7) is 7.66. The lowest BCUT2D eigenvalue weighted by atomic mass is 10.2. The van der Waals surface area contributed by atoms with Gasteiger partial charge in [-0.2, -0.15) is 0 Å². The monoisotopic (exact) mass is 166 g/mol. The SMILES string of the molecule is C=C(C(N)=O)N1C(C)C=CC1C. The number of nitrogens with two attached hydrogens (primary N) is 1.